The standard InChI is InChI=1S/C14H16Cl2N4/c15-12-2-1-11(9-19-5-3-17-4-6-19)14(7-12)20-10-13(16)8-18-20/h1-2,7-8,10,17H,3-6,9H2. The first-order valence-electron chi connectivity index (χ1n) is 6.64. The number of aromatic nitrogens is 2. The van der Waals surface area contributed by atoms with Crippen molar-refractivity contribution < 1.29 is 0 Å². The zero-order valence-corrected chi connectivity index (χ0v) is 12.5. The lowest BCUT2D eigenvalue weighted by molar-refractivity contribution is 0.233. The zero-order chi connectivity index (χ0) is 13.9. The van der Waals surface area contributed by atoms with Gasteiger partial charge in [-0.15, -0.1) is 0 Å². The van der Waals surface area contributed by atoms with Crippen LogP contribution in [0.1, 0.15) is 5.56 Å². The number of hydrogen-bond donors (Lipinski definition) is 1. The smallest absolute Gasteiger partial charge is 0.0790 e. The molecule has 4 nitrogen and oxygen atoms in total. The van der Waals surface area contributed by atoms with E-state index in [-0.39, 0.29) is 0 Å². The second-order valence-electron chi connectivity index (χ2n) is 4.90. The van der Waals surface area contributed by atoms with Crippen molar-refractivity contribution >= 4 is 23.2 Å². The Bertz CT molecular complexity index is 591. The number of piperazine rings is 1. The van der Waals surface area contributed by atoms with E-state index in [2.05, 4.69) is 21.4 Å². The molecule has 0 radical (unpaired) electrons. The summed E-state index contributed by atoms with van der Waals surface area (Å²) in [7, 11) is 0. The van der Waals surface area contributed by atoms with Gasteiger partial charge in [0.25, 0.3) is 0 Å². The van der Waals surface area contributed by atoms with E-state index in [1.807, 2.05) is 12.1 Å². The molecule has 3 rings (SSSR count). The number of nitrogens with zero attached hydrogens (tertiary/aromatic N) is 3. The summed E-state index contributed by atoms with van der Waals surface area (Å²) in [6.45, 7) is 5.09. The molecule has 1 aromatic heterocycles. The third-order valence-electron chi connectivity index (χ3n) is 3.45. The molecule has 0 atom stereocenters. The molecule has 0 spiro atoms. The monoisotopic (exact) mass is 310 g/mol. The molecule has 1 N–H and O–H groups in total. The molecule has 0 amide bonds. The highest BCUT2D eigenvalue weighted by molar-refractivity contribution is 6.31. The topological polar surface area (TPSA) is 33.1 Å². The van der Waals surface area contributed by atoms with Crippen LogP contribution in [0.15, 0.2) is 30.6 Å². The maximum Gasteiger partial charge on any atom is 0.0790 e. The van der Waals surface area contributed by atoms with Gasteiger partial charge in [-0.3, -0.25) is 4.90 Å². The Balaban J connectivity index is 1.89. The number of rotatable bonds is 3. The van der Waals surface area contributed by atoms with Gasteiger partial charge in [0.1, 0.15) is 0 Å². The average molecular weight is 311 g/mol. The van der Waals surface area contributed by atoms with Crippen LogP contribution in [0.3, 0.4) is 0 Å². The van der Waals surface area contributed by atoms with E-state index in [1.54, 1.807) is 17.1 Å². The van der Waals surface area contributed by atoms with Gasteiger partial charge in [0.05, 0.1) is 16.9 Å². The first kappa shape index (κ1) is 13.9. The van der Waals surface area contributed by atoms with E-state index >= 15 is 0 Å². The van der Waals surface area contributed by atoms with Gasteiger partial charge in [-0.1, -0.05) is 29.3 Å². The van der Waals surface area contributed by atoms with Crippen LogP contribution in [0.2, 0.25) is 10.0 Å². The first-order valence-corrected chi connectivity index (χ1v) is 7.40. The minimum atomic E-state index is 0.623. The normalized spacial score (nSPS) is 16.5. The van der Waals surface area contributed by atoms with Crippen LogP contribution in [0.4, 0.5) is 0 Å². The molecular weight excluding hydrogens is 295 g/mol. The van der Waals surface area contributed by atoms with Crippen LogP contribution in [0.5, 0.6) is 0 Å². The third kappa shape index (κ3) is 3.15. The van der Waals surface area contributed by atoms with Gasteiger partial charge in [-0.25, -0.2) is 4.68 Å². The molecule has 1 aromatic carbocycles. The van der Waals surface area contributed by atoms with Crippen LogP contribution in [-0.4, -0.2) is 40.9 Å². The van der Waals surface area contributed by atoms with Crippen LogP contribution >= 0.6 is 23.2 Å². The van der Waals surface area contributed by atoms with Gasteiger partial charge in [0.15, 0.2) is 0 Å². The largest absolute Gasteiger partial charge is 0.314 e. The van der Waals surface area contributed by atoms with Crippen molar-refractivity contribution in [3.8, 4) is 5.69 Å². The fraction of sp³-hybridized carbons (Fsp3) is 0.357. The second-order valence-corrected chi connectivity index (χ2v) is 5.78. The second kappa shape index (κ2) is 6.14. The fourth-order valence-corrected chi connectivity index (χ4v) is 2.73. The lowest BCUT2D eigenvalue weighted by Gasteiger charge is -2.28. The summed E-state index contributed by atoms with van der Waals surface area (Å²) in [5, 5.41) is 8.97. The van der Waals surface area contributed by atoms with Crippen molar-refractivity contribution in [2.75, 3.05) is 26.2 Å². The quantitative estimate of drug-likeness (QED) is 0.946. The summed E-state index contributed by atoms with van der Waals surface area (Å²) >= 11 is 12.1. The Hall–Kier alpha value is -1.07. The Morgan fingerprint density at radius 2 is 1.95 bits per heavy atom. The van der Waals surface area contributed by atoms with E-state index in [0.717, 1.165) is 38.4 Å². The lowest BCUT2D eigenvalue weighted by atomic mass is 10.1. The van der Waals surface area contributed by atoms with Gasteiger partial charge in [0.2, 0.25) is 0 Å². The van der Waals surface area contributed by atoms with Crippen LogP contribution in [0.25, 0.3) is 5.69 Å². The number of halogens is 2. The Morgan fingerprint density at radius 3 is 2.65 bits per heavy atom. The van der Waals surface area contributed by atoms with Crippen LogP contribution in [0, 0.1) is 0 Å². The van der Waals surface area contributed by atoms with E-state index in [4.69, 9.17) is 23.2 Å². The van der Waals surface area contributed by atoms with Crippen LogP contribution in [-0.2, 0) is 6.54 Å². The Labute approximate surface area is 128 Å². The average Bonchev–Trinajstić information content (AvgIpc) is 2.88. The molecule has 106 valence electrons. The molecule has 2 aromatic rings. The maximum atomic E-state index is 6.12. The van der Waals surface area contributed by atoms with E-state index < -0.39 is 0 Å². The summed E-state index contributed by atoms with van der Waals surface area (Å²) in [6.07, 6.45) is 3.44. The highest BCUT2D eigenvalue weighted by atomic mass is 35.5. The SMILES string of the molecule is Clc1ccc(CN2CCNCC2)c(-n2cc(Cl)cn2)c1. The highest BCUT2D eigenvalue weighted by Gasteiger charge is 2.14. The van der Waals surface area contributed by atoms with Crippen molar-refractivity contribution in [3.05, 3.63) is 46.2 Å². The van der Waals surface area contributed by atoms with Gasteiger partial charge in [0, 0.05) is 43.9 Å². The van der Waals surface area contributed by atoms with Crippen LogP contribution < -0.4 is 5.32 Å². The van der Waals surface area contributed by atoms with Gasteiger partial charge < -0.3 is 5.32 Å². The summed E-state index contributed by atoms with van der Waals surface area (Å²) in [6, 6.07) is 5.92. The van der Waals surface area contributed by atoms with Crippen molar-refractivity contribution in [2.45, 2.75) is 6.54 Å². The van der Waals surface area contributed by atoms with Crippen molar-refractivity contribution in [1.82, 2.24) is 20.0 Å². The summed E-state index contributed by atoms with van der Waals surface area (Å²) in [5.41, 5.74) is 2.19. The van der Waals surface area contributed by atoms with Crippen molar-refractivity contribution in [1.29, 1.82) is 0 Å². The molecule has 0 saturated carbocycles. The molecule has 0 aliphatic carbocycles. The predicted molar refractivity (Wildman–Crippen MR) is 81.7 cm³/mol. The van der Waals surface area contributed by atoms with Gasteiger partial charge in [-0.05, 0) is 17.7 Å². The molecule has 0 bridgehead atoms. The Morgan fingerprint density at radius 1 is 1.15 bits per heavy atom. The highest BCUT2D eigenvalue weighted by Crippen LogP contribution is 2.22. The third-order valence-corrected chi connectivity index (χ3v) is 3.88. The van der Waals surface area contributed by atoms with Crippen molar-refractivity contribution in [2.24, 2.45) is 0 Å². The molecule has 0 unspecified atom stereocenters. The maximum absolute atomic E-state index is 6.12. The zero-order valence-electron chi connectivity index (χ0n) is 11.0. The molecule has 20 heavy (non-hydrogen) atoms. The van der Waals surface area contributed by atoms with E-state index in [9.17, 15) is 0 Å². The Kier molecular flexibility index (Phi) is 4.27. The lowest BCUT2D eigenvalue weighted by Crippen LogP contribution is -2.43. The molecule has 1 aliphatic rings. The predicted octanol–water partition coefficient (Wildman–Crippen LogP) is 2.58. The molecule has 2 heterocycles. The first-order chi connectivity index (χ1) is 9.72. The van der Waals surface area contributed by atoms with E-state index in [1.165, 1.54) is 5.56 Å². The summed E-state index contributed by atoms with van der Waals surface area (Å²) in [5.74, 6) is 0. The summed E-state index contributed by atoms with van der Waals surface area (Å²) in [4.78, 5) is 2.42. The number of nitrogens with one attached hydrogen (secondary N) is 1. The molecule has 1 saturated heterocycles. The van der Waals surface area contributed by atoms with Gasteiger partial charge >= 0.3 is 0 Å². The molecular formula is C14H16Cl2N4. The fourth-order valence-electron chi connectivity index (χ4n) is 2.43. The molecule has 1 fully saturated rings. The minimum absolute atomic E-state index is 0.623. The van der Waals surface area contributed by atoms with Crippen molar-refractivity contribution in [3.63, 3.8) is 0 Å². The van der Waals surface area contributed by atoms with E-state index in [0.29, 0.717) is 10.0 Å². The number of hydrogen-bond acceptors (Lipinski definition) is 3. The summed E-state index contributed by atoms with van der Waals surface area (Å²) < 4.78 is 1.78. The minimum Gasteiger partial charge on any atom is -0.314 e. The molecule has 6 heteroatoms. The number of benzene rings is 1. The van der Waals surface area contributed by atoms with Gasteiger partial charge in [-0.2, -0.15) is 5.10 Å². The molecule has 1 aliphatic heterocycles.